The molecule has 2 aromatic rings. The molecule has 0 amide bonds. The Morgan fingerprint density at radius 2 is 2.14 bits per heavy atom. The molecule has 1 heterocycles. The maximum atomic E-state index is 13.7. The van der Waals surface area contributed by atoms with Crippen LogP contribution in [0.2, 0.25) is 5.02 Å². The fourth-order valence-corrected chi connectivity index (χ4v) is 3.28. The van der Waals surface area contributed by atoms with E-state index in [-0.39, 0.29) is 26.9 Å². The number of pyridine rings is 1. The van der Waals surface area contributed by atoms with Crippen molar-refractivity contribution in [3.63, 3.8) is 0 Å². The Morgan fingerprint density at radius 3 is 2.76 bits per heavy atom. The Labute approximate surface area is 126 Å². The highest BCUT2D eigenvalue weighted by Crippen LogP contribution is 2.25. The number of sulfonamides is 1. The molecule has 1 aromatic carbocycles. The Balaban J connectivity index is 2.50. The first kappa shape index (κ1) is 15.7. The molecule has 0 radical (unpaired) electrons. The van der Waals surface area contributed by atoms with Crippen LogP contribution in [0.5, 0.6) is 0 Å². The molecule has 112 valence electrons. The van der Waals surface area contributed by atoms with Gasteiger partial charge in [0, 0.05) is 11.8 Å². The monoisotopic (exact) mass is 330 g/mol. The lowest BCUT2D eigenvalue weighted by atomic mass is 10.1. The van der Waals surface area contributed by atoms with Crippen molar-refractivity contribution in [1.82, 2.24) is 4.98 Å². The van der Waals surface area contributed by atoms with Gasteiger partial charge >= 0.3 is 0 Å². The number of rotatable bonds is 4. The van der Waals surface area contributed by atoms with E-state index >= 15 is 0 Å². The second kappa shape index (κ2) is 5.97. The van der Waals surface area contributed by atoms with E-state index in [2.05, 4.69) is 9.71 Å². The molecule has 0 bridgehead atoms. The second-order valence-electron chi connectivity index (χ2n) is 4.30. The van der Waals surface area contributed by atoms with Crippen molar-refractivity contribution in [1.29, 1.82) is 0 Å². The van der Waals surface area contributed by atoms with Gasteiger partial charge in [0.2, 0.25) is 0 Å². The van der Waals surface area contributed by atoms with Crippen molar-refractivity contribution in [2.24, 2.45) is 0 Å². The molecule has 8 heteroatoms. The fourth-order valence-electron chi connectivity index (χ4n) is 1.72. The van der Waals surface area contributed by atoms with E-state index in [1.165, 1.54) is 25.3 Å². The highest BCUT2D eigenvalue weighted by molar-refractivity contribution is 7.92. The van der Waals surface area contributed by atoms with Gasteiger partial charge in [0.1, 0.15) is 5.82 Å². The minimum atomic E-state index is -4.07. The van der Waals surface area contributed by atoms with Gasteiger partial charge in [0.05, 0.1) is 16.5 Å². The summed E-state index contributed by atoms with van der Waals surface area (Å²) in [5, 5.41) is 9.18. The largest absolute Gasteiger partial charge is 0.392 e. The summed E-state index contributed by atoms with van der Waals surface area (Å²) in [6.45, 7) is 0.870. The number of aliphatic hydroxyl groups excluding tert-OH is 1. The van der Waals surface area contributed by atoms with E-state index in [4.69, 9.17) is 16.7 Å². The Kier molecular flexibility index (Phi) is 4.46. The number of anilines is 1. The number of hydrogen-bond acceptors (Lipinski definition) is 4. The Hall–Kier alpha value is -1.70. The van der Waals surface area contributed by atoms with Crippen molar-refractivity contribution < 1.29 is 17.9 Å². The molecule has 21 heavy (non-hydrogen) atoms. The molecule has 0 saturated heterocycles. The van der Waals surface area contributed by atoms with Crippen LogP contribution in [0.3, 0.4) is 0 Å². The molecular formula is C13H12ClFN2O3S. The number of aliphatic hydroxyl groups is 1. The maximum Gasteiger partial charge on any atom is 0.263 e. The third-order valence-corrected chi connectivity index (χ3v) is 4.59. The first-order valence-corrected chi connectivity index (χ1v) is 7.74. The molecule has 2 rings (SSSR count). The summed E-state index contributed by atoms with van der Waals surface area (Å²) in [5.74, 6) is -0.762. The summed E-state index contributed by atoms with van der Waals surface area (Å²) in [4.78, 5) is 3.55. The molecule has 0 aliphatic rings. The van der Waals surface area contributed by atoms with Crippen LogP contribution in [0.1, 0.15) is 11.1 Å². The van der Waals surface area contributed by atoms with Crippen molar-refractivity contribution in [2.75, 3.05) is 4.72 Å². The molecule has 5 nitrogen and oxygen atoms in total. The van der Waals surface area contributed by atoms with Gasteiger partial charge < -0.3 is 5.11 Å². The van der Waals surface area contributed by atoms with E-state index in [0.29, 0.717) is 0 Å². The number of benzene rings is 1. The molecule has 0 spiro atoms. The number of hydrogen-bond donors (Lipinski definition) is 2. The van der Waals surface area contributed by atoms with Crippen molar-refractivity contribution >= 4 is 27.4 Å². The average molecular weight is 331 g/mol. The van der Waals surface area contributed by atoms with E-state index in [1.807, 2.05) is 0 Å². The van der Waals surface area contributed by atoms with Gasteiger partial charge in [0.25, 0.3) is 10.0 Å². The van der Waals surface area contributed by atoms with Gasteiger partial charge in [0.15, 0.2) is 5.82 Å². The molecule has 2 N–H and O–H groups in total. The van der Waals surface area contributed by atoms with Gasteiger partial charge in [-0.3, -0.25) is 4.72 Å². The third-order valence-electron chi connectivity index (χ3n) is 2.82. The normalized spacial score (nSPS) is 11.4. The zero-order valence-electron chi connectivity index (χ0n) is 11.0. The van der Waals surface area contributed by atoms with Crippen LogP contribution in [0.25, 0.3) is 0 Å². The van der Waals surface area contributed by atoms with E-state index in [1.54, 1.807) is 6.07 Å². The number of aromatic nitrogens is 1. The lowest BCUT2D eigenvalue weighted by Gasteiger charge is -2.12. The van der Waals surface area contributed by atoms with Gasteiger partial charge in [-0.1, -0.05) is 11.6 Å². The van der Waals surface area contributed by atoms with Crippen molar-refractivity contribution in [2.45, 2.75) is 18.4 Å². The first-order valence-electron chi connectivity index (χ1n) is 5.88. The first-order chi connectivity index (χ1) is 9.85. The van der Waals surface area contributed by atoms with Crippen molar-refractivity contribution in [3.05, 3.63) is 52.4 Å². The molecule has 0 unspecified atom stereocenters. The summed E-state index contributed by atoms with van der Waals surface area (Å²) in [6.07, 6.45) is 1.38. The maximum absolute atomic E-state index is 13.7. The fraction of sp³-hybridized carbons (Fsp3) is 0.154. The predicted octanol–water partition coefficient (Wildman–Crippen LogP) is 2.48. The quantitative estimate of drug-likeness (QED) is 0.902. The molecule has 0 aliphatic heterocycles. The highest BCUT2D eigenvalue weighted by atomic mass is 35.5. The van der Waals surface area contributed by atoms with Crippen LogP contribution >= 0.6 is 11.6 Å². The van der Waals surface area contributed by atoms with Crippen LogP contribution in [-0.2, 0) is 16.6 Å². The minimum Gasteiger partial charge on any atom is -0.392 e. The standard InChI is InChI=1S/C13H12ClFN2O3S/c1-8-11(15)5-9(7-18)6-12(8)21(19,20)17-13-10(14)3-2-4-16-13/h2-6,18H,7H2,1H3,(H,16,17). The van der Waals surface area contributed by atoms with Crippen LogP contribution in [0.4, 0.5) is 10.2 Å². The van der Waals surface area contributed by atoms with Crippen molar-refractivity contribution in [3.8, 4) is 0 Å². The average Bonchev–Trinajstić information content (AvgIpc) is 2.43. The summed E-state index contributed by atoms with van der Waals surface area (Å²) >= 11 is 5.84. The van der Waals surface area contributed by atoms with E-state index in [9.17, 15) is 12.8 Å². The lowest BCUT2D eigenvalue weighted by Crippen LogP contribution is -2.16. The predicted molar refractivity (Wildman–Crippen MR) is 77.1 cm³/mol. The zero-order chi connectivity index (χ0) is 15.6. The zero-order valence-corrected chi connectivity index (χ0v) is 12.5. The van der Waals surface area contributed by atoms with Crippen LogP contribution < -0.4 is 4.72 Å². The van der Waals surface area contributed by atoms with Gasteiger partial charge in [-0.15, -0.1) is 0 Å². The lowest BCUT2D eigenvalue weighted by molar-refractivity contribution is 0.281. The van der Waals surface area contributed by atoms with Crippen LogP contribution in [0, 0.1) is 12.7 Å². The SMILES string of the molecule is Cc1c(F)cc(CO)cc1S(=O)(=O)Nc1ncccc1Cl. The van der Waals surface area contributed by atoms with Gasteiger partial charge in [-0.25, -0.2) is 17.8 Å². The number of halogens is 2. The van der Waals surface area contributed by atoms with E-state index < -0.39 is 22.4 Å². The van der Waals surface area contributed by atoms with Crippen LogP contribution in [-0.4, -0.2) is 18.5 Å². The van der Waals surface area contributed by atoms with Gasteiger partial charge in [-0.05, 0) is 36.8 Å². The van der Waals surface area contributed by atoms with E-state index in [0.717, 1.165) is 6.07 Å². The molecule has 0 fully saturated rings. The molecule has 1 aromatic heterocycles. The topological polar surface area (TPSA) is 79.3 Å². The van der Waals surface area contributed by atoms with Gasteiger partial charge in [-0.2, -0.15) is 0 Å². The summed E-state index contributed by atoms with van der Waals surface area (Å²) in [7, 11) is -4.07. The van der Waals surface area contributed by atoms with Crippen LogP contribution in [0.15, 0.2) is 35.4 Å². The highest BCUT2D eigenvalue weighted by Gasteiger charge is 2.21. The molecule has 0 aliphatic carbocycles. The smallest absolute Gasteiger partial charge is 0.263 e. The number of nitrogens with zero attached hydrogens (tertiary/aromatic N) is 1. The number of nitrogens with one attached hydrogen (secondary N) is 1. The summed E-state index contributed by atoms with van der Waals surface area (Å²) in [6, 6.07) is 5.32. The summed E-state index contributed by atoms with van der Waals surface area (Å²) in [5.41, 5.74) is 0.109. The molecule has 0 saturated carbocycles. The minimum absolute atomic E-state index is 0.0478. The Bertz CT molecular complexity index is 781. The molecule has 0 atom stereocenters. The summed E-state index contributed by atoms with van der Waals surface area (Å²) < 4.78 is 40.6. The Morgan fingerprint density at radius 1 is 1.43 bits per heavy atom. The molecular weight excluding hydrogens is 319 g/mol. The second-order valence-corrected chi connectivity index (χ2v) is 6.36. The third kappa shape index (κ3) is 3.31.